The van der Waals surface area contributed by atoms with E-state index in [0.717, 1.165) is 11.1 Å². The number of aromatic nitrogens is 1. The minimum absolute atomic E-state index is 0.104. The summed E-state index contributed by atoms with van der Waals surface area (Å²) in [5.74, 6) is -0.244. The Bertz CT molecular complexity index is 1830. The van der Waals surface area contributed by atoms with Gasteiger partial charge in [-0.1, -0.05) is 30.3 Å². The van der Waals surface area contributed by atoms with E-state index < -0.39 is 6.16 Å². The third-order valence-electron chi connectivity index (χ3n) is 6.42. The van der Waals surface area contributed by atoms with Crippen molar-refractivity contribution in [3.63, 3.8) is 0 Å². The van der Waals surface area contributed by atoms with Gasteiger partial charge < -0.3 is 20.1 Å². The fourth-order valence-corrected chi connectivity index (χ4v) is 4.33. The number of rotatable bonds is 5. The van der Waals surface area contributed by atoms with Crippen molar-refractivity contribution in [1.82, 2.24) is 4.57 Å². The Morgan fingerprint density at radius 1 is 0.923 bits per heavy atom. The van der Waals surface area contributed by atoms with Gasteiger partial charge in [-0.15, -0.1) is 10.2 Å². The summed E-state index contributed by atoms with van der Waals surface area (Å²) < 4.78 is 6.33. The van der Waals surface area contributed by atoms with Crippen molar-refractivity contribution in [3.05, 3.63) is 95.6 Å². The first kappa shape index (κ1) is 25.0. The molecule has 0 atom stereocenters. The van der Waals surface area contributed by atoms with Gasteiger partial charge in [-0.2, -0.15) is 5.26 Å². The highest BCUT2D eigenvalue weighted by atomic mass is 16.7. The molecule has 0 unspecified atom stereocenters. The Labute approximate surface area is 223 Å². The number of aryl methyl sites for hydroxylation is 2. The molecule has 192 valence electrons. The third kappa shape index (κ3) is 4.74. The summed E-state index contributed by atoms with van der Waals surface area (Å²) >= 11 is 0. The number of phenols is 1. The molecule has 0 amide bonds. The molecule has 5 aromatic rings. The molecule has 0 aliphatic heterocycles. The van der Waals surface area contributed by atoms with Gasteiger partial charge in [0.05, 0.1) is 17.1 Å². The standard InChI is InChI=1S/C30H22N4O5/c1-17-9-11-21(13-18(17)2)34-26-14-19(16-31)10-12-24(26)27(29(34)36)33-32-25-8-4-7-23(28(25)35)20-5-3-6-22(15-20)39-30(37)38/h3-15,35-36H,1-2H3,(H,37,38). The van der Waals surface area contributed by atoms with E-state index in [9.17, 15) is 20.3 Å². The molecule has 0 saturated heterocycles. The maximum Gasteiger partial charge on any atom is 0.511 e. The van der Waals surface area contributed by atoms with Crippen molar-refractivity contribution in [1.29, 1.82) is 5.26 Å². The Kier molecular flexibility index (Phi) is 6.44. The molecule has 0 saturated carbocycles. The highest BCUT2D eigenvalue weighted by Crippen LogP contribution is 2.44. The second-order valence-electron chi connectivity index (χ2n) is 8.89. The Morgan fingerprint density at radius 3 is 2.46 bits per heavy atom. The van der Waals surface area contributed by atoms with Crippen LogP contribution in [0.4, 0.5) is 16.2 Å². The van der Waals surface area contributed by atoms with Crippen LogP contribution >= 0.6 is 0 Å². The van der Waals surface area contributed by atoms with Crippen LogP contribution in [0.2, 0.25) is 0 Å². The van der Waals surface area contributed by atoms with Crippen molar-refractivity contribution in [2.75, 3.05) is 0 Å². The van der Waals surface area contributed by atoms with Crippen LogP contribution in [-0.4, -0.2) is 26.0 Å². The third-order valence-corrected chi connectivity index (χ3v) is 6.42. The number of fused-ring (bicyclic) bond motifs is 1. The summed E-state index contributed by atoms with van der Waals surface area (Å²) in [5, 5.41) is 49.7. The SMILES string of the molecule is Cc1ccc(-n2c(O)c(N=Nc3cccc(-c4cccc(OC(=O)O)c4)c3O)c3ccc(C#N)cc32)cc1C. The lowest BCUT2D eigenvalue weighted by atomic mass is 10.0. The first-order valence-electron chi connectivity index (χ1n) is 11.9. The van der Waals surface area contributed by atoms with E-state index in [1.165, 1.54) is 12.1 Å². The number of carbonyl (C=O) groups is 1. The highest BCUT2D eigenvalue weighted by Gasteiger charge is 2.19. The van der Waals surface area contributed by atoms with E-state index in [0.29, 0.717) is 33.3 Å². The lowest BCUT2D eigenvalue weighted by molar-refractivity contribution is 0.144. The lowest BCUT2D eigenvalue weighted by Gasteiger charge is -2.09. The Balaban J connectivity index is 1.61. The van der Waals surface area contributed by atoms with E-state index in [2.05, 4.69) is 16.3 Å². The zero-order chi connectivity index (χ0) is 27.7. The van der Waals surface area contributed by atoms with E-state index in [1.54, 1.807) is 53.1 Å². The Morgan fingerprint density at radius 2 is 1.72 bits per heavy atom. The molecule has 5 rings (SSSR count). The number of nitrogens with zero attached hydrogens (tertiary/aromatic N) is 4. The van der Waals surface area contributed by atoms with Crippen LogP contribution in [0.5, 0.6) is 17.4 Å². The molecule has 0 aliphatic rings. The maximum atomic E-state index is 11.3. The number of azo groups is 1. The van der Waals surface area contributed by atoms with Gasteiger partial charge >= 0.3 is 6.16 Å². The molecular weight excluding hydrogens is 496 g/mol. The quantitative estimate of drug-likeness (QED) is 0.124. The average Bonchev–Trinajstić information content (AvgIpc) is 3.19. The van der Waals surface area contributed by atoms with Crippen LogP contribution in [0.3, 0.4) is 0 Å². The van der Waals surface area contributed by atoms with Gasteiger partial charge in [-0.05, 0) is 79.1 Å². The molecular formula is C30H22N4O5. The van der Waals surface area contributed by atoms with Crippen LogP contribution in [0.1, 0.15) is 16.7 Å². The molecule has 0 fully saturated rings. The second-order valence-corrected chi connectivity index (χ2v) is 8.89. The van der Waals surface area contributed by atoms with Crippen LogP contribution in [0.15, 0.2) is 89.1 Å². The molecule has 1 aromatic heterocycles. The van der Waals surface area contributed by atoms with Gasteiger partial charge in [0, 0.05) is 16.6 Å². The smallest absolute Gasteiger partial charge is 0.505 e. The number of ether oxygens (including phenoxy) is 1. The number of hydrogen-bond acceptors (Lipinski definition) is 7. The van der Waals surface area contributed by atoms with E-state index in [-0.39, 0.29) is 28.8 Å². The first-order chi connectivity index (χ1) is 18.8. The summed E-state index contributed by atoms with van der Waals surface area (Å²) in [6.07, 6.45) is -1.44. The molecule has 3 N–H and O–H groups in total. The highest BCUT2D eigenvalue weighted by molar-refractivity contribution is 5.97. The second kappa shape index (κ2) is 10.0. The topological polar surface area (TPSA) is 140 Å². The lowest BCUT2D eigenvalue weighted by Crippen LogP contribution is -2.02. The summed E-state index contributed by atoms with van der Waals surface area (Å²) in [6, 6.07) is 24.1. The van der Waals surface area contributed by atoms with Crippen LogP contribution in [0, 0.1) is 25.2 Å². The molecule has 1 heterocycles. The number of benzene rings is 4. The number of para-hydroxylation sites is 1. The minimum atomic E-state index is -1.44. The van der Waals surface area contributed by atoms with Crippen molar-refractivity contribution in [2.24, 2.45) is 10.2 Å². The Hall–Kier alpha value is -5.62. The molecule has 39 heavy (non-hydrogen) atoms. The fourth-order valence-electron chi connectivity index (χ4n) is 4.33. The number of nitriles is 1. The molecule has 9 nitrogen and oxygen atoms in total. The zero-order valence-corrected chi connectivity index (χ0v) is 21.0. The van der Waals surface area contributed by atoms with E-state index in [4.69, 9.17) is 9.84 Å². The predicted molar refractivity (Wildman–Crippen MR) is 146 cm³/mol. The van der Waals surface area contributed by atoms with Gasteiger partial charge in [0.1, 0.15) is 11.4 Å². The predicted octanol–water partition coefficient (Wildman–Crippen LogP) is 7.67. The first-order valence-corrected chi connectivity index (χ1v) is 11.9. The van der Waals surface area contributed by atoms with Gasteiger partial charge in [0.25, 0.3) is 0 Å². The normalized spacial score (nSPS) is 11.1. The minimum Gasteiger partial charge on any atom is -0.505 e. The molecule has 0 spiro atoms. The van der Waals surface area contributed by atoms with Gasteiger partial charge in [0.15, 0.2) is 11.4 Å². The van der Waals surface area contributed by atoms with Crippen molar-refractivity contribution < 1.29 is 24.9 Å². The van der Waals surface area contributed by atoms with Crippen LogP contribution in [0.25, 0.3) is 27.7 Å². The van der Waals surface area contributed by atoms with Gasteiger partial charge in [0.2, 0.25) is 5.88 Å². The summed E-state index contributed by atoms with van der Waals surface area (Å²) in [6.45, 7) is 3.97. The van der Waals surface area contributed by atoms with Crippen molar-refractivity contribution in [3.8, 4) is 40.3 Å². The summed E-state index contributed by atoms with van der Waals surface area (Å²) in [7, 11) is 0. The van der Waals surface area contributed by atoms with E-state index >= 15 is 0 Å². The van der Waals surface area contributed by atoms with E-state index in [1.807, 2.05) is 32.0 Å². The average molecular weight is 519 g/mol. The number of carboxylic acid groups (broad SMARTS) is 1. The molecule has 0 aliphatic carbocycles. The van der Waals surface area contributed by atoms with Gasteiger partial charge in [-0.25, -0.2) is 4.79 Å². The number of aromatic hydroxyl groups is 2. The number of phenolic OH excluding ortho intramolecular Hbond substituents is 1. The van der Waals surface area contributed by atoms with Crippen molar-refractivity contribution >= 4 is 28.4 Å². The molecule has 0 radical (unpaired) electrons. The van der Waals surface area contributed by atoms with Crippen LogP contribution in [-0.2, 0) is 0 Å². The number of hydrogen-bond donors (Lipinski definition) is 3. The van der Waals surface area contributed by atoms with Gasteiger partial charge in [-0.3, -0.25) is 4.57 Å². The van der Waals surface area contributed by atoms with Crippen molar-refractivity contribution in [2.45, 2.75) is 13.8 Å². The molecule has 4 aromatic carbocycles. The summed E-state index contributed by atoms with van der Waals surface area (Å²) in [4.78, 5) is 10.9. The largest absolute Gasteiger partial charge is 0.511 e. The maximum absolute atomic E-state index is 11.3. The zero-order valence-electron chi connectivity index (χ0n) is 21.0. The fraction of sp³-hybridized carbons (Fsp3) is 0.0667. The molecule has 9 heteroatoms. The van der Waals surface area contributed by atoms with Crippen LogP contribution < -0.4 is 4.74 Å². The monoisotopic (exact) mass is 518 g/mol. The summed E-state index contributed by atoms with van der Waals surface area (Å²) in [5.41, 5.74) is 5.06. The molecule has 0 bridgehead atoms.